The minimum absolute atomic E-state index is 0. The maximum atomic E-state index is 14.5. The van der Waals surface area contributed by atoms with E-state index >= 15 is 0 Å². The first kappa shape index (κ1) is 27.3. The summed E-state index contributed by atoms with van der Waals surface area (Å²) in [4.78, 5) is 22.3. The molecule has 37 heavy (non-hydrogen) atoms. The highest BCUT2D eigenvalue weighted by Gasteiger charge is 2.25. The van der Waals surface area contributed by atoms with Gasteiger partial charge in [-0.05, 0) is 44.1 Å². The summed E-state index contributed by atoms with van der Waals surface area (Å²) in [5, 5.41) is 18.0. The van der Waals surface area contributed by atoms with Crippen LogP contribution < -0.4 is 20.1 Å². The summed E-state index contributed by atoms with van der Waals surface area (Å²) in [5.41, 5.74) is 1.42. The number of piperidine rings is 1. The van der Waals surface area contributed by atoms with E-state index in [0.29, 0.717) is 52.4 Å². The molecular formula is C25H28Cl2FN5O4. The smallest absolute Gasteiger partial charge is 0.263 e. The number of methoxy groups -OCH3 is 1. The molecule has 5 rings (SSSR count). The maximum Gasteiger partial charge on any atom is 0.263 e. The van der Waals surface area contributed by atoms with Gasteiger partial charge in [-0.3, -0.25) is 9.78 Å². The predicted octanol–water partition coefficient (Wildman–Crippen LogP) is 3.47. The zero-order valence-corrected chi connectivity index (χ0v) is 21.7. The van der Waals surface area contributed by atoms with Crippen LogP contribution in [0.15, 0.2) is 30.5 Å². The number of carbonyl (C=O) groups excluding carboxylic acids is 1. The lowest BCUT2D eigenvalue weighted by molar-refractivity contribution is -0.118. The quantitative estimate of drug-likeness (QED) is 0.409. The number of halogens is 3. The molecule has 198 valence electrons. The Morgan fingerprint density at radius 3 is 2.89 bits per heavy atom. The monoisotopic (exact) mass is 551 g/mol. The van der Waals surface area contributed by atoms with Gasteiger partial charge in [0.1, 0.15) is 11.3 Å². The van der Waals surface area contributed by atoms with Crippen molar-refractivity contribution in [2.75, 3.05) is 38.7 Å². The van der Waals surface area contributed by atoms with E-state index in [4.69, 9.17) is 21.1 Å². The number of nitrogens with one attached hydrogen (secondary N) is 2. The molecule has 1 amide bonds. The molecule has 0 spiro atoms. The van der Waals surface area contributed by atoms with Crippen molar-refractivity contribution >= 4 is 46.6 Å². The highest BCUT2D eigenvalue weighted by Crippen LogP contribution is 2.34. The Bertz CT molecular complexity index is 1290. The van der Waals surface area contributed by atoms with E-state index in [1.54, 1.807) is 6.07 Å². The number of anilines is 1. The van der Waals surface area contributed by atoms with Gasteiger partial charge in [-0.2, -0.15) is 0 Å². The van der Waals surface area contributed by atoms with E-state index in [2.05, 4.69) is 25.5 Å². The lowest BCUT2D eigenvalue weighted by Gasteiger charge is -2.34. The summed E-state index contributed by atoms with van der Waals surface area (Å²) in [7, 11) is 1.46. The molecule has 1 saturated heterocycles. The SMILES string of the molecule is COc1cc(F)c2ncc(Cl)c([C@@H](O)CN3CCC(NCc4ccc5c(n4)NC(=O)CO5)CC3)c2c1.Cl. The Balaban J connectivity index is 0.00000320. The van der Waals surface area contributed by atoms with Gasteiger partial charge in [-0.15, -0.1) is 12.4 Å². The van der Waals surface area contributed by atoms with Gasteiger partial charge >= 0.3 is 0 Å². The number of β-amino-alcohol motifs (C(OH)–C–C–N with tert-alkyl or cyclic N) is 1. The Labute approximate surface area is 224 Å². The minimum Gasteiger partial charge on any atom is -0.497 e. The molecule has 1 fully saturated rings. The van der Waals surface area contributed by atoms with Crippen molar-refractivity contribution in [3.63, 3.8) is 0 Å². The first-order valence-electron chi connectivity index (χ1n) is 11.8. The molecule has 0 unspecified atom stereocenters. The predicted molar refractivity (Wildman–Crippen MR) is 140 cm³/mol. The Morgan fingerprint density at radius 2 is 2.14 bits per heavy atom. The van der Waals surface area contributed by atoms with Gasteiger partial charge in [0, 0.05) is 42.3 Å². The molecule has 9 nitrogen and oxygen atoms in total. The molecule has 2 aliphatic heterocycles. The topological polar surface area (TPSA) is 109 Å². The summed E-state index contributed by atoms with van der Waals surface area (Å²) in [6.07, 6.45) is 2.26. The molecule has 3 N–H and O–H groups in total. The molecule has 1 atom stereocenters. The number of hydrogen-bond acceptors (Lipinski definition) is 8. The molecule has 12 heteroatoms. The first-order chi connectivity index (χ1) is 17.4. The third kappa shape index (κ3) is 6.05. The molecule has 1 aromatic carbocycles. The van der Waals surface area contributed by atoms with Crippen LogP contribution in [0.4, 0.5) is 10.2 Å². The van der Waals surface area contributed by atoms with Gasteiger partial charge in [0.15, 0.2) is 24.0 Å². The van der Waals surface area contributed by atoms with E-state index in [1.165, 1.54) is 19.4 Å². The second-order valence-corrected chi connectivity index (χ2v) is 9.39. The van der Waals surface area contributed by atoms with Crippen LogP contribution in [0.1, 0.15) is 30.2 Å². The summed E-state index contributed by atoms with van der Waals surface area (Å²) in [5.74, 6) is 0.639. The molecular weight excluding hydrogens is 524 g/mol. The standard InChI is InChI=1S/C25H27ClFN5O4.ClH/c1-35-16-8-17-23(18(26)11-29-24(17)19(27)9-16)20(33)12-32-6-4-14(5-7-32)28-10-15-2-3-21-25(30-15)31-22(34)13-36-21;/h2-3,8-9,11,14,20,28,33H,4-7,10,12-13H2,1H3,(H,30,31,34);1H/t20-;/m0./s1. The number of rotatable bonds is 7. The van der Waals surface area contributed by atoms with Gasteiger partial charge in [-0.1, -0.05) is 11.6 Å². The molecule has 3 aromatic rings. The van der Waals surface area contributed by atoms with Crippen LogP contribution in [0.2, 0.25) is 5.02 Å². The number of aliphatic hydroxyl groups excluding tert-OH is 1. The maximum absolute atomic E-state index is 14.5. The molecule has 2 aromatic heterocycles. The number of benzene rings is 1. The van der Waals surface area contributed by atoms with E-state index < -0.39 is 11.9 Å². The van der Waals surface area contributed by atoms with E-state index in [0.717, 1.165) is 31.6 Å². The zero-order chi connectivity index (χ0) is 25.2. The van der Waals surface area contributed by atoms with E-state index in [9.17, 15) is 14.3 Å². The highest BCUT2D eigenvalue weighted by molar-refractivity contribution is 6.32. The van der Waals surface area contributed by atoms with Crippen molar-refractivity contribution < 1.29 is 23.8 Å². The lowest BCUT2D eigenvalue weighted by Crippen LogP contribution is -2.43. The summed E-state index contributed by atoms with van der Waals surface area (Å²) >= 11 is 6.39. The number of aromatic nitrogens is 2. The number of fused-ring (bicyclic) bond motifs is 2. The number of likely N-dealkylation sites (tertiary alicyclic amines) is 1. The van der Waals surface area contributed by atoms with Crippen LogP contribution in [0.5, 0.6) is 11.5 Å². The van der Waals surface area contributed by atoms with Crippen LogP contribution in [0, 0.1) is 5.82 Å². The number of ether oxygens (including phenoxy) is 2. The zero-order valence-electron chi connectivity index (χ0n) is 20.2. The average Bonchev–Trinajstić information content (AvgIpc) is 2.87. The van der Waals surface area contributed by atoms with Gasteiger partial charge < -0.3 is 30.1 Å². The fraction of sp³-hybridized carbons (Fsp3) is 0.400. The van der Waals surface area contributed by atoms with Crippen molar-refractivity contribution in [2.24, 2.45) is 0 Å². The van der Waals surface area contributed by atoms with Crippen LogP contribution in [0.25, 0.3) is 10.9 Å². The van der Waals surface area contributed by atoms with Crippen LogP contribution in [-0.2, 0) is 11.3 Å². The fourth-order valence-electron chi connectivity index (χ4n) is 4.69. The van der Waals surface area contributed by atoms with Crippen LogP contribution in [0.3, 0.4) is 0 Å². The Morgan fingerprint density at radius 1 is 1.35 bits per heavy atom. The lowest BCUT2D eigenvalue weighted by atomic mass is 10.0. The minimum atomic E-state index is -0.906. The van der Waals surface area contributed by atoms with Gasteiger partial charge in [0.25, 0.3) is 5.91 Å². The number of hydrogen-bond donors (Lipinski definition) is 3. The Hall–Kier alpha value is -2.76. The summed E-state index contributed by atoms with van der Waals surface area (Å²) in [6.45, 7) is 2.52. The third-order valence-corrected chi connectivity index (χ3v) is 6.88. The number of carbonyl (C=O) groups is 1. The number of amides is 1. The van der Waals surface area contributed by atoms with Gasteiger partial charge in [-0.25, -0.2) is 9.37 Å². The van der Waals surface area contributed by atoms with Gasteiger partial charge in [0.05, 0.1) is 23.9 Å². The summed E-state index contributed by atoms with van der Waals surface area (Å²) in [6, 6.07) is 6.91. The van der Waals surface area contributed by atoms with E-state index in [1.807, 2.05) is 12.1 Å². The molecule has 2 aliphatic rings. The molecule has 0 radical (unpaired) electrons. The Kier molecular flexibility index (Phi) is 8.66. The van der Waals surface area contributed by atoms with Crippen molar-refractivity contribution in [3.05, 3.63) is 52.6 Å². The molecule has 0 bridgehead atoms. The number of nitrogens with zero attached hydrogens (tertiary/aromatic N) is 3. The van der Waals surface area contributed by atoms with Crippen molar-refractivity contribution in [1.29, 1.82) is 0 Å². The number of pyridine rings is 2. The van der Waals surface area contributed by atoms with Crippen LogP contribution >= 0.6 is 24.0 Å². The van der Waals surface area contributed by atoms with Gasteiger partial charge in [0.2, 0.25) is 0 Å². The third-order valence-electron chi connectivity index (χ3n) is 6.58. The van der Waals surface area contributed by atoms with Crippen LogP contribution in [-0.4, -0.2) is 65.3 Å². The average molecular weight is 552 g/mol. The fourth-order valence-corrected chi connectivity index (χ4v) is 4.97. The largest absolute Gasteiger partial charge is 0.497 e. The second-order valence-electron chi connectivity index (χ2n) is 8.98. The van der Waals surface area contributed by atoms with E-state index in [-0.39, 0.29) is 30.4 Å². The highest BCUT2D eigenvalue weighted by atomic mass is 35.5. The van der Waals surface area contributed by atoms with Crippen molar-refractivity contribution in [3.8, 4) is 11.5 Å². The van der Waals surface area contributed by atoms with Crippen molar-refractivity contribution in [1.82, 2.24) is 20.2 Å². The first-order valence-corrected chi connectivity index (χ1v) is 12.2. The summed E-state index contributed by atoms with van der Waals surface area (Å²) < 4.78 is 25.0. The molecule has 0 saturated carbocycles. The van der Waals surface area contributed by atoms with Crippen molar-refractivity contribution in [2.45, 2.75) is 31.5 Å². The normalized spacial score (nSPS) is 16.9. The second kappa shape index (κ2) is 11.7. The number of aliphatic hydroxyl groups is 1. The molecule has 4 heterocycles. The molecule has 0 aliphatic carbocycles.